The normalized spacial score (nSPS) is 12.1. The van der Waals surface area contributed by atoms with E-state index < -0.39 is 0 Å². The number of rotatable bonds is 3. The predicted octanol–water partition coefficient (Wildman–Crippen LogP) is 2.23. The minimum atomic E-state index is 0.602. The van der Waals surface area contributed by atoms with Crippen molar-refractivity contribution in [2.24, 2.45) is 7.05 Å². The third kappa shape index (κ3) is 2.69. The van der Waals surface area contributed by atoms with Gasteiger partial charge in [0.05, 0.1) is 0 Å². The molecule has 1 aromatic rings. The fraction of sp³-hybridized carbons (Fsp3) is 0.333. The number of hydrogen-bond donors (Lipinski definition) is 0. The maximum Gasteiger partial charge on any atom is 0.186 e. The van der Waals surface area contributed by atoms with Gasteiger partial charge < -0.3 is 0 Å². The zero-order valence-electron chi connectivity index (χ0n) is 6.37. The van der Waals surface area contributed by atoms with Gasteiger partial charge in [-0.1, -0.05) is 35.0 Å². The van der Waals surface area contributed by atoms with E-state index in [1.807, 2.05) is 7.05 Å². The highest BCUT2D eigenvalue weighted by molar-refractivity contribution is 7.99. The van der Waals surface area contributed by atoms with Crippen LogP contribution in [0.4, 0.5) is 0 Å². The topological polar surface area (TPSA) is 30.7 Å². The molecule has 0 radical (unpaired) electrons. The largest absolute Gasteiger partial charge is 0.244 e. The van der Waals surface area contributed by atoms with Gasteiger partial charge in [0.2, 0.25) is 0 Å². The standard InChI is InChI=1S/C6H7Cl2N3S/c1-11-6(9-4-10-11)12-3-5(8)2-7/h2,4H,3H2,1H3/b5-2-. The third-order valence-electron chi connectivity index (χ3n) is 1.13. The Morgan fingerprint density at radius 1 is 1.83 bits per heavy atom. The molecule has 0 amide bonds. The molecule has 0 saturated carbocycles. The summed E-state index contributed by atoms with van der Waals surface area (Å²) in [6.45, 7) is 0. The Morgan fingerprint density at radius 2 is 2.58 bits per heavy atom. The number of aryl methyl sites for hydroxylation is 1. The maximum absolute atomic E-state index is 5.69. The van der Waals surface area contributed by atoms with E-state index in [1.54, 1.807) is 4.68 Å². The predicted molar refractivity (Wildman–Crippen MR) is 51.5 cm³/mol. The Labute approximate surface area is 84.8 Å². The first-order valence-corrected chi connectivity index (χ1v) is 4.95. The molecule has 3 nitrogen and oxygen atoms in total. The summed E-state index contributed by atoms with van der Waals surface area (Å²) < 4.78 is 1.68. The van der Waals surface area contributed by atoms with Gasteiger partial charge in [0.1, 0.15) is 6.33 Å². The molecule has 1 heterocycles. The lowest BCUT2D eigenvalue weighted by Gasteiger charge is -1.97. The number of halogens is 2. The van der Waals surface area contributed by atoms with E-state index in [4.69, 9.17) is 23.2 Å². The van der Waals surface area contributed by atoms with Crippen LogP contribution in [0.25, 0.3) is 0 Å². The highest BCUT2D eigenvalue weighted by Gasteiger charge is 2.01. The molecule has 0 atom stereocenters. The number of hydrogen-bond acceptors (Lipinski definition) is 3. The molecular formula is C6H7Cl2N3S. The van der Waals surface area contributed by atoms with E-state index in [9.17, 15) is 0 Å². The molecule has 0 aliphatic rings. The fourth-order valence-electron chi connectivity index (χ4n) is 0.581. The van der Waals surface area contributed by atoms with Crippen LogP contribution in [-0.4, -0.2) is 20.5 Å². The zero-order chi connectivity index (χ0) is 8.97. The molecule has 0 aliphatic heterocycles. The molecule has 0 aromatic carbocycles. The second-order valence-corrected chi connectivity index (χ2v) is 3.66. The molecule has 66 valence electrons. The van der Waals surface area contributed by atoms with Crippen LogP contribution in [0, 0.1) is 0 Å². The van der Waals surface area contributed by atoms with Crippen LogP contribution in [-0.2, 0) is 7.05 Å². The number of thioether (sulfide) groups is 1. The van der Waals surface area contributed by atoms with Gasteiger partial charge in [-0.2, -0.15) is 5.10 Å². The van der Waals surface area contributed by atoms with Crippen LogP contribution >= 0.6 is 35.0 Å². The summed E-state index contributed by atoms with van der Waals surface area (Å²) in [6, 6.07) is 0. The van der Waals surface area contributed by atoms with Gasteiger partial charge in [-0.3, -0.25) is 0 Å². The highest BCUT2D eigenvalue weighted by Crippen LogP contribution is 2.19. The average molecular weight is 224 g/mol. The van der Waals surface area contributed by atoms with Crippen LogP contribution in [0.15, 0.2) is 22.1 Å². The van der Waals surface area contributed by atoms with Crippen LogP contribution in [0.3, 0.4) is 0 Å². The summed E-state index contributed by atoms with van der Waals surface area (Å²) in [4.78, 5) is 4.01. The van der Waals surface area contributed by atoms with E-state index in [0.29, 0.717) is 10.8 Å². The van der Waals surface area contributed by atoms with Gasteiger partial charge in [0, 0.05) is 23.4 Å². The molecule has 1 rings (SSSR count). The first-order valence-electron chi connectivity index (χ1n) is 3.15. The first-order chi connectivity index (χ1) is 5.74. The zero-order valence-corrected chi connectivity index (χ0v) is 8.70. The molecule has 0 aliphatic carbocycles. The fourth-order valence-corrected chi connectivity index (χ4v) is 1.62. The summed E-state index contributed by atoms with van der Waals surface area (Å²) in [7, 11) is 1.83. The monoisotopic (exact) mass is 223 g/mol. The van der Waals surface area contributed by atoms with E-state index >= 15 is 0 Å². The van der Waals surface area contributed by atoms with Gasteiger partial charge in [0.15, 0.2) is 5.16 Å². The summed E-state index contributed by atoms with van der Waals surface area (Å²) >= 11 is 12.6. The summed E-state index contributed by atoms with van der Waals surface area (Å²) in [5.74, 6) is 0.623. The van der Waals surface area contributed by atoms with Crippen LogP contribution in [0.1, 0.15) is 0 Å². The SMILES string of the molecule is Cn1ncnc1SC/C(Cl)=C/Cl. The molecule has 12 heavy (non-hydrogen) atoms. The van der Waals surface area contributed by atoms with Crippen molar-refractivity contribution in [2.45, 2.75) is 5.16 Å². The van der Waals surface area contributed by atoms with Crippen molar-refractivity contribution in [2.75, 3.05) is 5.75 Å². The van der Waals surface area contributed by atoms with Crippen molar-refractivity contribution in [1.29, 1.82) is 0 Å². The van der Waals surface area contributed by atoms with Crippen LogP contribution in [0.2, 0.25) is 0 Å². The van der Waals surface area contributed by atoms with Gasteiger partial charge in [-0.15, -0.1) is 0 Å². The maximum atomic E-state index is 5.69. The number of nitrogens with zero attached hydrogens (tertiary/aromatic N) is 3. The Balaban J connectivity index is 2.49. The van der Waals surface area contributed by atoms with Crippen molar-refractivity contribution in [3.05, 3.63) is 16.9 Å². The second kappa shape index (κ2) is 4.74. The van der Waals surface area contributed by atoms with E-state index in [1.165, 1.54) is 23.6 Å². The van der Waals surface area contributed by atoms with Crippen molar-refractivity contribution in [1.82, 2.24) is 14.8 Å². The molecule has 6 heteroatoms. The Bertz CT molecular complexity index is 284. The van der Waals surface area contributed by atoms with Crippen molar-refractivity contribution in [3.8, 4) is 0 Å². The molecule has 0 unspecified atom stereocenters. The lowest BCUT2D eigenvalue weighted by Crippen LogP contribution is -1.93. The van der Waals surface area contributed by atoms with Crippen molar-refractivity contribution < 1.29 is 0 Å². The lowest BCUT2D eigenvalue weighted by molar-refractivity contribution is 0.685. The molecule has 0 N–H and O–H groups in total. The molecular weight excluding hydrogens is 217 g/mol. The summed E-state index contributed by atoms with van der Waals surface area (Å²) in [5.41, 5.74) is 1.35. The summed E-state index contributed by atoms with van der Waals surface area (Å²) in [6.07, 6.45) is 1.50. The third-order valence-corrected chi connectivity index (χ3v) is 2.99. The molecule has 0 saturated heterocycles. The summed E-state index contributed by atoms with van der Waals surface area (Å²) in [5, 5.41) is 5.34. The molecule has 0 fully saturated rings. The van der Waals surface area contributed by atoms with Gasteiger partial charge in [-0.25, -0.2) is 9.67 Å². The van der Waals surface area contributed by atoms with Gasteiger partial charge >= 0.3 is 0 Å². The van der Waals surface area contributed by atoms with Crippen molar-refractivity contribution >= 4 is 35.0 Å². The quantitative estimate of drug-likeness (QED) is 0.737. The molecule has 0 bridgehead atoms. The van der Waals surface area contributed by atoms with E-state index in [0.717, 1.165) is 5.16 Å². The van der Waals surface area contributed by atoms with Gasteiger partial charge in [-0.05, 0) is 0 Å². The molecule has 1 aromatic heterocycles. The average Bonchev–Trinajstić information content (AvgIpc) is 2.47. The Kier molecular flexibility index (Phi) is 3.91. The molecule has 0 spiro atoms. The van der Waals surface area contributed by atoms with Crippen LogP contribution in [0.5, 0.6) is 0 Å². The lowest BCUT2D eigenvalue weighted by atomic mass is 10.7. The van der Waals surface area contributed by atoms with E-state index in [-0.39, 0.29) is 0 Å². The minimum Gasteiger partial charge on any atom is -0.244 e. The first kappa shape index (κ1) is 9.89. The highest BCUT2D eigenvalue weighted by atomic mass is 35.5. The van der Waals surface area contributed by atoms with Gasteiger partial charge in [0.25, 0.3) is 0 Å². The Morgan fingerprint density at radius 3 is 3.08 bits per heavy atom. The second-order valence-electron chi connectivity index (χ2n) is 2.01. The van der Waals surface area contributed by atoms with Crippen LogP contribution < -0.4 is 0 Å². The smallest absolute Gasteiger partial charge is 0.186 e. The Hall–Kier alpha value is -0.190. The van der Waals surface area contributed by atoms with Crippen molar-refractivity contribution in [3.63, 3.8) is 0 Å². The number of aromatic nitrogens is 3. The minimum absolute atomic E-state index is 0.602. The van der Waals surface area contributed by atoms with E-state index in [2.05, 4.69) is 10.1 Å².